The molecule has 7 nitrogen and oxygen atoms in total. The normalized spacial score (nSPS) is 11.5. The monoisotopic (exact) mass is 554 g/mol. The number of sulfone groups is 1. The van der Waals surface area contributed by atoms with Crippen LogP contribution in [0.1, 0.15) is 16.1 Å². The molecule has 1 aromatic heterocycles. The van der Waals surface area contributed by atoms with E-state index in [1.165, 1.54) is 30.9 Å². The van der Waals surface area contributed by atoms with E-state index in [9.17, 15) is 18.0 Å². The van der Waals surface area contributed by atoms with Crippen molar-refractivity contribution in [2.75, 3.05) is 20.4 Å². The molecule has 0 unspecified atom stereocenters. The molecule has 0 spiro atoms. The number of carbonyl (C=O) groups excluding carboxylic acids is 1. The second-order valence-electron chi connectivity index (χ2n) is 8.07. The Morgan fingerprint density at radius 1 is 1.00 bits per heavy atom. The third-order valence-electron chi connectivity index (χ3n) is 5.75. The number of rotatable bonds is 6. The van der Waals surface area contributed by atoms with Gasteiger partial charge < -0.3 is 0 Å². The molecule has 180 valence electrons. The Morgan fingerprint density at radius 2 is 1.66 bits per heavy atom. The van der Waals surface area contributed by atoms with Gasteiger partial charge in [-0.2, -0.15) is 0 Å². The van der Waals surface area contributed by atoms with Crippen molar-refractivity contribution >= 4 is 42.4 Å². The summed E-state index contributed by atoms with van der Waals surface area (Å²) in [6.07, 6.45) is 1.14. The maximum atomic E-state index is 13.7. The molecular formula is C26H23BrN2O5S. The molecule has 0 saturated carbocycles. The Hall–Kier alpha value is -3.27. The molecule has 0 aliphatic carbocycles. The van der Waals surface area contributed by atoms with Crippen LogP contribution >= 0.6 is 15.9 Å². The summed E-state index contributed by atoms with van der Waals surface area (Å²) in [6, 6.07) is 21.0. The SMILES string of the molecule is CON(C)C(=O)c1c(-c2ccccc2)c2cc(Br)ccc2c(=O)n1Cc1ccc(S(C)(=O)=O)cc1. The van der Waals surface area contributed by atoms with Crippen molar-refractivity contribution in [1.82, 2.24) is 9.63 Å². The molecular weight excluding hydrogens is 532 g/mol. The fourth-order valence-corrected chi connectivity index (χ4v) is 4.94. The first-order chi connectivity index (χ1) is 16.6. The number of carbonyl (C=O) groups is 1. The van der Waals surface area contributed by atoms with Crippen LogP contribution < -0.4 is 5.56 Å². The predicted octanol–water partition coefficient (Wildman–Crippen LogP) is 4.52. The van der Waals surface area contributed by atoms with Gasteiger partial charge in [-0.3, -0.25) is 19.0 Å². The van der Waals surface area contributed by atoms with Gasteiger partial charge in [0, 0.05) is 28.7 Å². The second-order valence-corrected chi connectivity index (χ2v) is 11.0. The van der Waals surface area contributed by atoms with E-state index in [1.807, 2.05) is 36.4 Å². The van der Waals surface area contributed by atoms with Crippen molar-refractivity contribution in [3.8, 4) is 11.1 Å². The van der Waals surface area contributed by atoms with Crippen molar-refractivity contribution in [3.05, 3.63) is 98.9 Å². The molecule has 0 aliphatic heterocycles. The molecule has 4 rings (SSSR count). The lowest BCUT2D eigenvalue weighted by Gasteiger charge is -2.23. The van der Waals surface area contributed by atoms with E-state index in [4.69, 9.17) is 4.84 Å². The summed E-state index contributed by atoms with van der Waals surface area (Å²) in [5, 5.41) is 2.16. The molecule has 0 aliphatic rings. The summed E-state index contributed by atoms with van der Waals surface area (Å²) >= 11 is 3.48. The summed E-state index contributed by atoms with van der Waals surface area (Å²) < 4.78 is 25.9. The molecule has 0 radical (unpaired) electrons. The lowest BCUT2D eigenvalue weighted by atomic mass is 9.96. The van der Waals surface area contributed by atoms with Gasteiger partial charge >= 0.3 is 0 Å². The summed E-state index contributed by atoms with van der Waals surface area (Å²) in [5.41, 5.74) is 1.87. The molecule has 3 aromatic carbocycles. The van der Waals surface area contributed by atoms with Gasteiger partial charge in [-0.05, 0) is 46.8 Å². The fourth-order valence-electron chi connectivity index (χ4n) is 3.95. The molecule has 0 saturated heterocycles. The average Bonchev–Trinajstić information content (AvgIpc) is 2.84. The largest absolute Gasteiger partial charge is 0.298 e. The van der Waals surface area contributed by atoms with Crippen LogP contribution in [-0.2, 0) is 21.2 Å². The third kappa shape index (κ3) is 4.93. The van der Waals surface area contributed by atoms with Crippen molar-refractivity contribution in [1.29, 1.82) is 0 Å². The highest BCUT2D eigenvalue weighted by Gasteiger charge is 2.26. The molecule has 0 N–H and O–H groups in total. The van der Waals surface area contributed by atoms with Gasteiger partial charge in [0.25, 0.3) is 11.5 Å². The van der Waals surface area contributed by atoms with Crippen molar-refractivity contribution in [2.45, 2.75) is 11.4 Å². The number of amides is 1. The molecule has 1 heterocycles. The zero-order valence-electron chi connectivity index (χ0n) is 19.4. The van der Waals surface area contributed by atoms with Gasteiger partial charge in [-0.1, -0.05) is 58.4 Å². The Balaban J connectivity index is 2.06. The lowest BCUT2D eigenvalue weighted by molar-refractivity contribution is -0.0762. The Bertz CT molecular complexity index is 1580. The van der Waals surface area contributed by atoms with Crippen molar-refractivity contribution in [3.63, 3.8) is 0 Å². The summed E-state index contributed by atoms with van der Waals surface area (Å²) in [7, 11) is -0.500. The number of fused-ring (bicyclic) bond motifs is 1. The van der Waals surface area contributed by atoms with Crippen LogP contribution in [0.25, 0.3) is 21.9 Å². The van der Waals surface area contributed by atoms with E-state index in [1.54, 1.807) is 24.3 Å². The topological polar surface area (TPSA) is 85.7 Å². The molecule has 1 amide bonds. The van der Waals surface area contributed by atoms with Crippen LogP contribution in [0.4, 0.5) is 0 Å². The van der Waals surface area contributed by atoms with Crippen LogP contribution in [0.15, 0.2) is 87.0 Å². The molecule has 4 aromatic rings. The molecule has 0 atom stereocenters. The number of benzene rings is 3. The first kappa shape index (κ1) is 24.8. The number of hydroxylamine groups is 2. The molecule has 0 bridgehead atoms. The van der Waals surface area contributed by atoms with Crippen LogP contribution in [0.3, 0.4) is 0 Å². The Kier molecular flexibility index (Phi) is 6.93. The van der Waals surface area contributed by atoms with Crippen molar-refractivity contribution in [2.24, 2.45) is 0 Å². The minimum atomic E-state index is -3.36. The first-order valence-corrected chi connectivity index (χ1v) is 13.3. The minimum Gasteiger partial charge on any atom is -0.298 e. The van der Waals surface area contributed by atoms with E-state index < -0.39 is 15.7 Å². The number of hydrogen-bond acceptors (Lipinski definition) is 5. The van der Waals surface area contributed by atoms with Gasteiger partial charge in [0.05, 0.1) is 18.6 Å². The van der Waals surface area contributed by atoms with Gasteiger partial charge in [-0.15, -0.1) is 0 Å². The molecule has 35 heavy (non-hydrogen) atoms. The van der Waals surface area contributed by atoms with Gasteiger partial charge in [0.15, 0.2) is 9.84 Å². The van der Waals surface area contributed by atoms with Crippen LogP contribution in [0, 0.1) is 0 Å². The number of nitrogens with zero attached hydrogens (tertiary/aromatic N) is 2. The maximum Gasteiger partial charge on any atom is 0.294 e. The maximum absolute atomic E-state index is 13.7. The summed E-state index contributed by atoms with van der Waals surface area (Å²) in [5.74, 6) is -0.488. The van der Waals surface area contributed by atoms with E-state index in [0.717, 1.165) is 21.4 Å². The van der Waals surface area contributed by atoms with Gasteiger partial charge in [0.1, 0.15) is 5.69 Å². The van der Waals surface area contributed by atoms with E-state index >= 15 is 0 Å². The smallest absolute Gasteiger partial charge is 0.294 e. The lowest BCUT2D eigenvalue weighted by Crippen LogP contribution is -2.34. The van der Waals surface area contributed by atoms with Gasteiger partial charge in [0.2, 0.25) is 0 Å². The minimum absolute atomic E-state index is 0.0628. The Morgan fingerprint density at radius 3 is 2.26 bits per heavy atom. The van der Waals surface area contributed by atoms with E-state index in [-0.39, 0.29) is 22.7 Å². The van der Waals surface area contributed by atoms with Crippen molar-refractivity contribution < 1.29 is 18.0 Å². The number of hydrogen-bond donors (Lipinski definition) is 0. The number of halogens is 1. The fraction of sp³-hybridized carbons (Fsp3) is 0.154. The number of pyridine rings is 1. The quantitative estimate of drug-likeness (QED) is 0.327. The average molecular weight is 555 g/mol. The standard InChI is InChI=1S/C26H23BrN2O5S/c1-28(34-2)26(31)24-23(18-7-5-4-6-8-18)22-15-19(27)11-14-21(22)25(30)29(24)16-17-9-12-20(13-10-17)35(3,32)33/h4-15H,16H2,1-3H3. The number of aromatic nitrogens is 1. The van der Waals surface area contributed by atoms with Crippen LogP contribution in [-0.4, -0.2) is 44.4 Å². The second kappa shape index (κ2) is 9.77. The highest BCUT2D eigenvalue weighted by atomic mass is 79.9. The van der Waals surface area contributed by atoms with Crippen LogP contribution in [0.5, 0.6) is 0 Å². The van der Waals surface area contributed by atoms with E-state index in [2.05, 4.69) is 15.9 Å². The van der Waals surface area contributed by atoms with Crippen LogP contribution in [0.2, 0.25) is 0 Å². The summed E-state index contributed by atoms with van der Waals surface area (Å²) in [4.78, 5) is 32.7. The zero-order valence-corrected chi connectivity index (χ0v) is 21.8. The highest BCUT2D eigenvalue weighted by Crippen LogP contribution is 2.33. The van der Waals surface area contributed by atoms with Gasteiger partial charge in [-0.25, -0.2) is 13.5 Å². The van der Waals surface area contributed by atoms with E-state index in [0.29, 0.717) is 21.9 Å². The predicted molar refractivity (Wildman–Crippen MR) is 139 cm³/mol. The molecule has 9 heteroatoms. The highest BCUT2D eigenvalue weighted by molar-refractivity contribution is 9.10. The Labute approximate surface area is 211 Å². The summed E-state index contributed by atoms with van der Waals surface area (Å²) in [6.45, 7) is 0.0628. The third-order valence-corrected chi connectivity index (χ3v) is 7.37. The molecule has 0 fully saturated rings. The zero-order chi connectivity index (χ0) is 25.3. The first-order valence-electron chi connectivity index (χ1n) is 10.6.